The maximum atomic E-state index is 12.6. The molecule has 134 valence electrons. The van der Waals surface area contributed by atoms with Crippen LogP contribution in [0.25, 0.3) is 17.0 Å². The highest BCUT2D eigenvalue weighted by molar-refractivity contribution is 6.12. The fraction of sp³-hybridized carbons (Fsp3) is 0.0952. The molecule has 2 aromatic carbocycles. The van der Waals surface area contributed by atoms with Crippen LogP contribution in [-0.4, -0.2) is 25.1 Å². The Kier molecular flexibility index (Phi) is 5.33. The van der Waals surface area contributed by atoms with Crippen molar-refractivity contribution in [3.8, 4) is 17.6 Å². The lowest BCUT2D eigenvalue weighted by Gasteiger charge is -2.09. The van der Waals surface area contributed by atoms with E-state index in [4.69, 9.17) is 9.47 Å². The standard InChI is InChI=1S/C21H17N3O3/c1-26-16-9-8-14(20(12-16)27-2)11-15(13-22)21(25)24-19-7-3-6-18-17(19)5-4-10-23-18/h3-12H,1-2H3,(H,24,25)/b15-11+. The summed E-state index contributed by atoms with van der Waals surface area (Å²) < 4.78 is 10.5. The first-order valence-corrected chi connectivity index (χ1v) is 8.15. The van der Waals surface area contributed by atoms with E-state index >= 15 is 0 Å². The first kappa shape index (κ1) is 18.0. The van der Waals surface area contributed by atoms with Crippen LogP contribution < -0.4 is 14.8 Å². The molecule has 1 heterocycles. The molecule has 0 atom stereocenters. The number of rotatable bonds is 5. The van der Waals surface area contributed by atoms with Gasteiger partial charge in [-0.15, -0.1) is 0 Å². The molecule has 0 aliphatic heterocycles. The molecule has 3 rings (SSSR count). The molecule has 0 bridgehead atoms. The molecule has 1 amide bonds. The molecule has 27 heavy (non-hydrogen) atoms. The predicted molar refractivity (Wildman–Crippen MR) is 104 cm³/mol. The topological polar surface area (TPSA) is 84.2 Å². The number of aromatic nitrogens is 1. The molecule has 0 aliphatic carbocycles. The lowest BCUT2D eigenvalue weighted by molar-refractivity contribution is -0.112. The normalized spacial score (nSPS) is 10.9. The summed E-state index contributed by atoms with van der Waals surface area (Å²) in [5.74, 6) is 0.617. The summed E-state index contributed by atoms with van der Waals surface area (Å²) in [4.78, 5) is 16.9. The monoisotopic (exact) mass is 359 g/mol. The largest absolute Gasteiger partial charge is 0.497 e. The fourth-order valence-corrected chi connectivity index (χ4v) is 2.64. The zero-order chi connectivity index (χ0) is 19.2. The highest BCUT2D eigenvalue weighted by atomic mass is 16.5. The number of hydrogen-bond donors (Lipinski definition) is 1. The number of amides is 1. The van der Waals surface area contributed by atoms with Gasteiger partial charge in [-0.25, -0.2) is 0 Å². The second-order valence-electron chi connectivity index (χ2n) is 5.61. The van der Waals surface area contributed by atoms with Crippen LogP contribution in [0.5, 0.6) is 11.5 Å². The summed E-state index contributed by atoms with van der Waals surface area (Å²) in [6, 6.07) is 16.2. The molecule has 0 fully saturated rings. The summed E-state index contributed by atoms with van der Waals surface area (Å²) >= 11 is 0. The van der Waals surface area contributed by atoms with Gasteiger partial charge >= 0.3 is 0 Å². The van der Waals surface area contributed by atoms with Gasteiger partial charge in [0.05, 0.1) is 25.4 Å². The Morgan fingerprint density at radius 2 is 2.00 bits per heavy atom. The lowest BCUT2D eigenvalue weighted by atomic mass is 10.1. The minimum absolute atomic E-state index is 0.0423. The fourth-order valence-electron chi connectivity index (χ4n) is 2.64. The van der Waals surface area contributed by atoms with E-state index in [0.717, 1.165) is 10.9 Å². The Balaban J connectivity index is 1.93. The lowest BCUT2D eigenvalue weighted by Crippen LogP contribution is -2.13. The zero-order valence-electron chi connectivity index (χ0n) is 14.9. The van der Waals surface area contributed by atoms with Crippen LogP contribution in [0.2, 0.25) is 0 Å². The Hall–Kier alpha value is -3.85. The minimum atomic E-state index is -0.508. The van der Waals surface area contributed by atoms with E-state index in [1.165, 1.54) is 13.2 Å². The molecule has 0 aliphatic rings. The van der Waals surface area contributed by atoms with Crippen molar-refractivity contribution in [2.75, 3.05) is 19.5 Å². The first-order chi connectivity index (χ1) is 13.2. The minimum Gasteiger partial charge on any atom is -0.497 e. The van der Waals surface area contributed by atoms with E-state index in [9.17, 15) is 10.1 Å². The molecule has 0 unspecified atom stereocenters. The number of benzene rings is 2. The summed E-state index contributed by atoms with van der Waals surface area (Å²) in [6.07, 6.45) is 3.17. The second kappa shape index (κ2) is 8.02. The number of pyridine rings is 1. The Morgan fingerprint density at radius 1 is 1.15 bits per heavy atom. The van der Waals surface area contributed by atoms with Crippen molar-refractivity contribution < 1.29 is 14.3 Å². The molecule has 0 saturated carbocycles. The van der Waals surface area contributed by atoms with Gasteiger partial charge in [-0.3, -0.25) is 9.78 Å². The first-order valence-electron chi connectivity index (χ1n) is 8.15. The SMILES string of the molecule is COc1ccc(/C=C(\C#N)C(=O)Nc2cccc3ncccc23)c(OC)c1. The Labute approximate surface area is 156 Å². The maximum Gasteiger partial charge on any atom is 0.266 e. The third kappa shape index (κ3) is 3.88. The quantitative estimate of drug-likeness (QED) is 0.553. The van der Waals surface area contributed by atoms with Crippen LogP contribution in [0.4, 0.5) is 5.69 Å². The zero-order valence-corrected chi connectivity index (χ0v) is 14.9. The van der Waals surface area contributed by atoms with Crippen LogP contribution in [0.1, 0.15) is 5.56 Å². The van der Waals surface area contributed by atoms with E-state index in [0.29, 0.717) is 22.7 Å². The van der Waals surface area contributed by atoms with Crippen molar-refractivity contribution in [1.82, 2.24) is 4.98 Å². The van der Waals surface area contributed by atoms with Crippen molar-refractivity contribution in [3.05, 3.63) is 65.9 Å². The van der Waals surface area contributed by atoms with E-state index in [2.05, 4.69) is 10.3 Å². The van der Waals surface area contributed by atoms with Crippen LogP contribution in [0, 0.1) is 11.3 Å². The molecule has 3 aromatic rings. The maximum absolute atomic E-state index is 12.6. The highest BCUT2D eigenvalue weighted by Crippen LogP contribution is 2.27. The summed E-state index contributed by atoms with van der Waals surface area (Å²) in [6.45, 7) is 0. The van der Waals surface area contributed by atoms with Crippen molar-refractivity contribution >= 4 is 28.6 Å². The molecule has 6 nitrogen and oxygen atoms in total. The van der Waals surface area contributed by atoms with Gasteiger partial charge in [-0.2, -0.15) is 5.26 Å². The molecule has 1 N–H and O–H groups in total. The number of methoxy groups -OCH3 is 2. The smallest absolute Gasteiger partial charge is 0.266 e. The Bertz CT molecular complexity index is 1060. The number of carbonyl (C=O) groups excluding carboxylic acids is 1. The molecular weight excluding hydrogens is 342 g/mol. The van der Waals surface area contributed by atoms with Gasteiger partial charge in [-0.05, 0) is 42.5 Å². The van der Waals surface area contributed by atoms with E-state index in [1.54, 1.807) is 49.7 Å². The van der Waals surface area contributed by atoms with E-state index in [-0.39, 0.29) is 5.57 Å². The highest BCUT2D eigenvalue weighted by Gasteiger charge is 2.13. The molecule has 0 saturated heterocycles. The van der Waals surface area contributed by atoms with Crippen molar-refractivity contribution in [3.63, 3.8) is 0 Å². The molecule has 0 radical (unpaired) electrons. The number of ether oxygens (including phenoxy) is 2. The van der Waals surface area contributed by atoms with Gasteiger partial charge in [0.2, 0.25) is 0 Å². The second-order valence-corrected chi connectivity index (χ2v) is 5.61. The number of nitrogens with zero attached hydrogens (tertiary/aromatic N) is 2. The molecular formula is C21H17N3O3. The van der Waals surface area contributed by atoms with Crippen molar-refractivity contribution in [2.24, 2.45) is 0 Å². The average Bonchev–Trinajstić information content (AvgIpc) is 2.72. The summed E-state index contributed by atoms with van der Waals surface area (Å²) in [5.41, 5.74) is 1.91. The number of nitrogens with one attached hydrogen (secondary N) is 1. The summed E-state index contributed by atoms with van der Waals surface area (Å²) in [7, 11) is 3.07. The predicted octanol–water partition coefficient (Wildman–Crippen LogP) is 3.80. The van der Waals surface area contributed by atoms with Crippen LogP contribution in [0.15, 0.2) is 60.3 Å². The van der Waals surface area contributed by atoms with Crippen LogP contribution in [-0.2, 0) is 4.79 Å². The molecule has 6 heteroatoms. The number of hydrogen-bond acceptors (Lipinski definition) is 5. The third-order valence-electron chi connectivity index (χ3n) is 4.00. The van der Waals surface area contributed by atoms with Gasteiger partial charge < -0.3 is 14.8 Å². The number of nitriles is 1. The van der Waals surface area contributed by atoms with Crippen LogP contribution >= 0.6 is 0 Å². The van der Waals surface area contributed by atoms with Crippen LogP contribution in [0.3, 0.4) is 0 Å². The Morgan fingerprint density at radius 3 is 2.74 bits per heavy atom. The van der Waals surface area contributed by atoms with Gasteiger partial charge in [-0.1, -0.05) is 6.07 Å². The molecule has 0 spiro atoms. The third-order valence-corrected chi connectivity index (χ3v) is 4.00. The van der Waals surface area contributed by atoms with E-state index < -0.39 is 5.91 Å². The average molecular weight is 359 g/mol. The van der Waals surface area contributed by atoms with Crippen molar-refractivity contribution in [2.45, 2.75) is 0 Å². The van der Waals surface area contributed by atoms with Gasteiger partial charge in [0.1, 0.15) is 23.1 Å². The number of carbonyl (C=O) groups is 1. The summed E-state index contributed by atoms with van der Waals surface area (Å²) in [5, 5.41) is 13.0. The van der Waals surface area contributed by atoms with Gasteiger partial charge in [0, 0.05) is 23.2 Å². The van der Waals surface area contributed by atoms with Gasteiger partial charge in [0.25, 0.3) is 5.91 Å². The van der Waals surface area contributed by atoms with Crippen molar-refractivity contribution in [1.29, 1.82) is 5.26 Å². The number of anilines is 1. The molecule has 1 aromatic heterocycles. The number of fused-ring (bicyclic) bond motifs is 1. The van der Waals surface area contributed by atoms with E-state index in [1.807, 2.05) is 18.2 Å². The van der Waals surface area contributed by atoms with Gasteiger partial charge in [0.15, 0.2) is 0 Å².